The number of carbonyl (C=O) groups is 1. The molecule has 9 heteroatoms. The van der Waals surface area contributed by atoms with Gasteiger partial charge in [-0.1, -0.05) is 11.6 Å². The van der Waals surface area contributed by atoms with Crippen molar-refractivity contribution in [2.24, 2.45) is 0 Å². The molecule has 0 unspecified atom stereocenters. The van der Waals surface area contributed by atoms with E-state index in [-0.39, 0.29) is 33.2 Å². The average molecular weight is 371 g/mol. The summed E-state index contributed by atoms with van der Waals surface area (Å²) in [5.41, 5.74) is 0.608. The van der Waals surface area contributed by atoms with Crippen molar-refractivity contribution in [1.82, 2.24) is 9.71 Å². The lowest BCUT2D eigenvalue weighted by Gasteiger charge is -2.11. The van der Waals surface area contributed by atoms with E-state index in [0.717, 1.165) is 11.6 Å². The Labute approximate surface area is 143 Å². The highest BCUT2D eigenvalue weighted by atomic mass is 35.5. The summed E-state index contributed by atoms with van der Waals surface area (Å²) in [6, 6.07) is 3.78. The smallest absolute Gasteiger partial charge is 0.335 e. The van der Waals surface area contributed by atoms with Crippen molar-refractivity contribution in [2.75, 3.05) is 0 Å². The third-order valence-electron chi connectivity index (χ3n) is 3.41. The zero-order valence-electron chi connectivity index (χ0n) is 12.9. The molecule has 128 valence electrons. The van der Waals surface area contributed by atoms with Gasteiger partial charge < -0.3 is 10.1 Å². The number of pyridine rings is 1. The summed E-state index contributed by atoms with van der Waals surface area (Å²) in [5, 5.41) is 9.08. The molecule has 0 aliphatic carbocycles. The van der Waals surface area contributed by atoms with Crippen LogP contribution in [0, 0.1) is 13.8 Å². The zero-order chi connectivity index (χ0) is 18.1. The topological polar surface area (TPSA) is 116 Å². The lowest BCUT2D eigenvalue weighted by molar-refractivity contribution is 0.0696. The molecule has 2 aromatic rings. The Balaban J connectivity index is 2.39. The van der Waals surface area contributed by atoms with Gasteiger partial charge in [-0.3, -0.25) is 4.79 Å². The number of aromatic amines is 1. The van der Waals surface area contributed by atoms with Gasteiger partial charge in [0.15, 0.2) is 0 Å². The minimum Gasteiger partial charge on any atom is -0.478 e. The number of carboxylic acids is 1. The molecule has 24 heavy (non-hydrogen) atoms. The summed E-state index contributed by atoms with van der Waals surface area (Å²) in [6.07, 6.45) is 1.51. The molecule has 0 bridgehead atoms. The van der Waals surface area contributed by atoms with Crippen LogP contribution in [0.5, 0.6) is 0 Å². The van der Waals surface area contributed by atoms with Gasteiger partial charge in [0.25, 0.3) is 5.56 Å². The van der Waals surface area contributed by atoms with Crippen molar-refractivity contribution in [3.63, 3.8) is 0 Å². The molecule has 1 aromatic carbocycles. The molecule has 7 nitrogen and oxygen atoms in total. The van der Waals surface area contributed by atoms with Crippen molar-refractivity contribution in [2.45, 2.75) is 25.3 Å². The van der Waals surface area contributed by atoms with Crippen LogP contribution in [0.25, 0.3) is 0 Å². The van der Waals surface area contributed by atoms with Gasteiger partial charge in [0.2, 0.25) is 10.0 Å². The van der Waals surface area contributed by atoms with Gasteiger partial charge in [-0.2, -0.15) is 0 Å². The molecule has 0 saturated carbocycles. The van der Waals surface area contributed by atoms with Crippen LogP contribution in [0.1, 0.15) is 27.0 Å². The van der Waals surface area contributed by atoms with E-state index >= 15 is 0 Å². The van der Waals surface area contributed by atoms with Crippen molar-refractivity contribution >= 4 is 27.6 Å². The van der Waals surface area contributed by atoms with Gasteiger partial charge in [-0.25, -0.2) is 17.9 Å². The molecule has 0 saturated heterocycles. The summed E-state index contributed by atoms with van der Waals surface area (Å²) >= 11 is 5.92. The number of benzene rings is 1. The maximum atomic E-state index is 12.5. The summed E-state index contributed by atoms with van der Waals surface area (Å²) in [4.78, 5) is 25.0. The molecule has 0 aliphatic heterocycles. The highest BCUT2D eigenvalue weighted by Crippen LogP contribution is 2.25. The zero-order valence-corrected chi connectivity index (χ0v) is 14.5. The van der Waals surface area contributed by atoms with Gasteiger partial charge in [0, 0.05) is 23.3 Å². The minimum atomic E-state index is -4.05. The maximum Gasteiger partial charge on any atom is 0.335 e. The SMILES string of the molecule is Cc1c[nH]c(=O)c(CNS(=O)(=O)c2cc(C(=O)O)cc(Cl)c2C)c1. The quantitative estimate of drug-likeness (QED) is 0.742. The Hall–Kier alpha value is -2.16. The molecule has 2 rings (SSSR count). The first-order valence-electron chi connectivity index (χ1n) is 6.83. The van der Waals surface area contributed by atoms with Crippen molar-refractivity contribution in [1.29, 1.82) is 0 Å². The number of sulfonamides is 1. The first-order chi connectivity index (χ1) is 11.1. The lowest BCUT2D eigenvalue weighted by atomic mass is 10.1. The van der Waals surface area contributed by atoms with Gasteiger partial charge in [0.05, 0.1) is 10.5 Å². The number of hydrogen-bond donors (Lipinski definition) is 3. The van der Waals surface area contributed by atoms with E-state index in [4.69, 9.17) is 16.7 Å². The van der Waals surface area contributed by atoms with Crippen LogP contribution in [0.15, 0.2) is 34.1 Å². The van der Waals surface area contributed by atoms with Crippen LogP contribution in [0.2, 0.25) is 5.02 Å². The van der Waals surface area contributed by atoms with Crippen molar-refractivity contribution in [3.05, 3.63) is 62.0 Å². The van der Waals surface area contributed by atoms with Crippen LogP contribution in [0.3, 0.4) is 0 Å². The number of aromatic nitrogens is 1. The average Bonchev–Trinajstić information content (AvgIpc) is 2.50. The van der Waals surface area contributed by atoms with E-state index in [9.17, 15) is 18.0 Å². The lowest BCUT2D eigenvalue weighted by Crippen LogP contribution is -2.27. The van der Waals surface area contributed by atoms with Crippen LogP contribution in [-0.4, -0.2) is 24.5 Å². The maximum absolute atomic E-state index is 12.5. The van der Waals surface area contributed by atoms with E-state index in [2.05, 4.69) is 9.71 Å². The Morgan fingerprint density at radius 1 is 1.29 bits per heavy atom. The summed E-state index contributed by atoms with van der Waals surface area (Å²) in [6.45, 7) is 3.00. The Morgan fingerprint density at radius 3 is 2.58 bits per heavy atom. The monoisotopic (exact) mass is 370 g/mol. The Bertz CT molecular complexity index is 966. The van der Waals surface area contributed by atoms with Crippen LogP contribution in [0.4, 0.5) is 0 Å². The molecule has 0 aliphatic rings. The largest absolute Gasteiger partial charge is 0.478 e. The van der Waals surface area contributed by atoms with Crippen molar-refractivity contribution in [3.8, 4) is 0 Å². The van der Waals surface area contributed by atoms with Gasteiger partial charge in [0.1, 0.15) is 0 Å². The molecule has 0 fully saturated rings. The Morgan fingerprint density at radius 2 is 1.96 bits per heavy atom. The third kappa shape index (κ3) is 3.84. The predicted octanol–water partition coefficient (Wildman–Crippen LogP) is 1.82. The number of halogens is 1. The van der Waals surface area contributed by atoms with E-state index < -0.39 is 21.6 Å². The van der Waals surface area contributed by atoms with Crippen LogP contribution >= 0.6 is 11.6 Å². The second-order valence-corrected chi connectivity index (χ2v) is 7.38. The molecule has 0 spiro atoms. The number of rotatable bonds is 5. The highest BCUT2D eigenvalue weighted by molar-refractivity contribution is 7.89. The van der Waals surface area contributed by atoms with Gasteiger partial charge in [-0.05, 0) is 43.2 Å². The van der Waals surface area contributed by atoms with Crippen LogP contribution in [-0.2, 0) is 16.6 Å². The minimum absolute atomic E-state index is 0.0312. The third-order valence-corrected chi connectivity index (χ3v) is 5.33. The highest BCUT2D eigenvalue weighted by Gasteiger charge is 2.21. The first kappa shape index (κ1) is 18.2. The summed E-state index contributed by atoms with van der Waals surface area (Å²) in [7, 11) is -4.05. The number of aryl methyl sites for hydroxylation is 1. The van der Waals surface area contributed by atoms with Gasteiger partial charge in [-0.15, -0.1) is 0 Å². The summed E-state index contributed by atoms with van der Waals surface area (Å²) in [5.74, 6) is -1.29. The van der Waals surface area contributed by atoms with E-state index in [1.807, 2.05) is 0 Å². The fraction of sp³-hybridized carbons (Fsp3) is 0.200. The second kappa shape index (κ2) is 6.76. The van der Waals surface area contributed by atoms with E-state index in [1.54, 1.807) is 13.0 Å². The fourth-order valence-electron chi connectivity index (χ4n) is 2.09. The number of H-pyrrole nitrogens is 1. The van der Waals surface area contributed by atoms with Crippen molar-refractivity contribution < 1.29 is 18.3 Å². The summed E-state index contributed by atoms with van der Waals surface area (Å²) < 4.78 is 27.2. The number of hydrogen-bond acceptors (Lipinski definition) is 4. The standard InChI is InChI=1S/C15H15ClN2O5S/c1-8-3-11(14(19)17-6-8)7-18-24(22,23)13-5-10(15(20)21)4-12(16)9(13)2/h3-6,18H,7H2,1-2H3,(H,17,19)(H,20,21). The van der Waals surface area contributed by atoms with E-state index in [0.29, 0.717) is 0 Å². The van der Waals surface area contributed by atoms with Gasteiger partial charge >= 0.3 is 5.97 Å². The molecule has 0 radical (unpaired) electrons. The second-order valence-electron chi connectivity index (χ2n) is 5.24. The first-order valence-corrected chi connectivity index (χ1v) is 8.69. The molecular formula is C15H15ClN2O5S. The normalized spacial score (nSPS) is 11.5. The predicted molar refractivity (Wildman–Crippen MR) is 89.0 cm³/mol. The van der Waals surface area contributed by atoms with Crippen LogP contribution < -0.4 is 10.3 Å². The number of carboxylic acid groups (broad SMARTS) is 1. The molecular weight excluding hydrogens is 356 g/mol. The number of nitrogens with one attached hydrogen (secondary N) is 2. The molecule has 0 atom stereocenters. The fourth-order valence-corrected chi connectivity index (χ4v) is 3.66. The number of aromatic carboxylic acids is 1. The Kier molecular flexibility index (Phi) is 5.12. The molecule has 1 aromatic heterocycles. The van der Waals surface area contributed by atoms with E-state index in [1.165, 1.54) is 19.2 Å². The molecule has 1 heterocycles. The molecule has 3 N–H and O–H groups in total. The molecule has 0 amide bonds.